The summed E-state index contributed by atoms with van der Waals surface area (Å²) in [5.41, 5.74) is 5.30. The molecule has 0 radical (unpaired) electrons. The van der Waals surface area contributed by atoms with Gasteiger partial charge in [0.1, 0.15) is 24.9 Å². The maximum absolute atomic E-state index is 11.5. The first kappa shape index (κ1) is 19.9. The highest BCUT2D eigenvalue weighted by Gasteiger charge is 2.36. The molecule has 0 bridgehead atoms. The van der Waals surface area contributed by atoms with E-state index in [9.17, 15) is 30.0 Å². The average Bonchev–Trinajstić information content (AvgIpc) is 2.50. The van der Waals surface area contributed by atoms with Crippen LogP contribution >= 0.6 is 0 Å². The SMILES string of the molecule is NCCCCCNC(=O)[C@@H](O)[C@@H](O)[C@@H](O)[C@@H](O)C(=O)CO. The molecular formula is C12H24N2O7. The van der Waals surface area contributed by atoms with E-state index in [1.54, 1.807) is 0 Å². The molecule has 21 heavy (non-hydrogen) atoms. The number of rotatable bonds is 11. The zero-order valence-corrected chi connectivity index (χ0v) is 11.7. The highest BCUT2D eigenvalue weighted by atomic mass is 16.4. The highest BCUT2D eigenvalue weighted by Crippen LogP contribution is 2.06. The zero-order valence-electron chi connectivity index (χ0n) is 11.7. The molecule has 0 saturated carbocycles. The van der Waals surface area contributed by atoms with Crippen LogP contribution in [0.1, 0.15) is 19.3 Å². The Bertz CT molecular complexity index is 327. The minimum Gasteiger partial charge on any atom is -0.388 e. The number of nitrogens with one attached hydrogen (secondary N) is 1. The van der Waals surface area contributed by atoms with Crippen LogP contribution in [0.5, 0.6) is 0 Å². The summed E-state index contributed by atoms with van der Waals surface area (Å²) in [4.78, 5) is 22.5. The van der Waals surface area contributed by atoms with Crippen molar-refractivity contribution in [3.63, 3.8) is 0 Å². The first-order chi connectivity index (χ1) is 9.86. The van der Waals surface area contributed by atoms with Crippen LogP contribution in [0.3, 0.4) is 0 Å². The molecule has 0 aliphatic rings. The molecule has 4 atom stereocenters. The smallest absolute Gasteiger partial charge is 0.251 e. The number of ketones is 1. The van der Waals surface area contributed by atoms with E-state index in [1.807, 2.05) is 0 Å². The molecule has 0 saturated heterocycles. The lowest BCUT2D eigenvalue weighted by molar-refractivity contribution is -0.155. The van der Waals surface area contributed by atoms with E-state index in [2.05, 4.69) is 5.32 Å². The first-order valence-corrected chi connectivity index (χ1v) is 6.70. The maximum atomic E-state index is 11.5. The Morgan fingerprint density at radius 1 is 0.952 bits per heavy atom. The zero-order chi connectivity index (χ0) is 16.4. The van der Waals surface area contributed by atoms with Gasteiger partial charge < -0.3 is 36.6 Å². The lowest BCUT2D eigenvalue weighted by atomic mass is 10.00. The molecule has 0 spiro atoms. The minimum atomic E-state index is -2.09. The van der Waals surface area contributed by atoms with E-state index in [-0.39, 0.29) is 6.54 Å². The number of aliphatic hydroxyl groups excluding tert-OH is 5. The molecule has 124 valence electrons. The van der Waals surface area contributed by atoms with E-state index in [0.717, 1.165) is 12.8 Å². The lowest BCUT2D eigenvalue weighted by Crippen LogP contribution is -2.53. The first-order valence-electron chi connectivity index (χ1n) is 6.70. The van der Waals surface area contributed by atoms with Gasteiger partial charge in [0.25, 0.3) is 5.91 Å². The Kier molecular flexibility index (Phi) is 10.0. The third-order valence-corrected chi connectivity index (χ3v) is 2.93. The number of unbranched alkanes of at least 4 members (excludes halogenated alkanes) is 2. The fourth-order valence-electron chi connectivity index (χ4n) is 1.57. The van der Waals surface area contributed by atoms with Gasteiger partial charge in [0, 0.05) is 6.54 Å². The Morgan fingerprint density at radius 3 is 2.05 bits per heavy atom. The van der Waals surface area contributed by atoms with Crippen LogP contribution in [-0.2, 0) is 9.59 Å². The second-order valence-electron chi connectivity index (χ2n) is 4.64. The quantitative estimate of drug-likeness (QED) is 0.190. The Balaban J connectivity index is 4.25. The second-order valence-corrected chi connectivity index (χ2v) is 4.64. The summed E-state index contributed by atoms with van der Waals surface area (Å²) in [6.07, 6.45) is -5.99. The van der Waals surface area contributed by atoms with E-state index in [0.29, 0.717) is 13.0 Å². The van der Waals surface area contributed by atoms with Crippen LogP contribution in [0.25, 0.3) is 0 Å². The van der Waals surface area contributed by atoms with Crippen LogP contribution in [-0.4, -0.2) is 81.3 Å². The molecule has 0 aromatic carbocycles. The maximum Gasteiger partial charge on any atom is 0.251 e. The third kappa shape index (κ3) is 6.93. The molecule has 0 fully saturated rings. The molecule has 0 heterocycles. The monoisotopic (exact) mass is 308 g/mol. The number of aliphatic hydroxyl groups is 5. The number of carbonyl (C=O) groups excluding carboxylic acids is 2. The second kappa shape index (κ2) is 10.6. The van der Waals surface area contributed by atoms with Gasteiger partial charge in [0.15, 0.2) is 11.9 Å². The van der Waals surface area contributed by atoms with Crippen LogP contribution in [0.4, 0.5) is 0 Å². The summed E-state index contributed by atoms with van der Waals surface area (Å²) >= 11 is 0. The Morgan fingerprint density at radius 2 is 1.52 bits per heavy atom. The van der Waals surface area contributed by atoms with E-state index in [4.69, 9.17) is 10.8 Å². The summed E-state index contributed by atoms with van der Waals surface area (Å²) in [5, 5.41) is 48.7. The number of hydrogen-bond acceptors (Lipinski definition) is 8. The molecule has 0 rings (SSSR count). The van der Waals surface area contributed by atoms with Crippen molar-refractivity contribution in [1.82, 2.24) is 5.32 Å². The van der Waals surface area contributed by atoms with Crippen LogP contribution in [0.2, 0.25) is 0 Å². The van der Waals surface area contributed by atoms with Crippen LogP contribution < -0.4 is 11.1 Å². The molecule has 0 aliphatic heterocycles. The summed E-state index contributed by atoms with van der Waals surface area (Å²) in [6.45, 7) is -0.233. The van der Waals surface area contributed by atoms with Gasteiger partial charge in [0.05, 0.1) is 0 Å². The number of Topliss-reactive ketones (excluding diaryl/α,β-unsaturated/α-hetero) is 1. The average molecular weight is 308 g/mol. The van der Waals surface area contributed by atoms with E-state index in [1.165, 1.54) is 0 Å². The van der Waals surface area contributed by atoms with Gasteiger partial charge >= 0.3 is 0 Å². The van der Waals surface area contributed by atoms with Gasteiger partial charge in [-0.25, -0.2) is 0 Å². The molecule has 9 nitrogen and oxygen atoms in total. The molecule has 0 aromatic heterocycles. The van der Waals surface area contributed by atoms with Gasteiger partial charge in [-0.1, -0.05) is 6.42 Å². The van der Waals surface area contributed by atoms with Crippen molar-refractivity contribution >= 4 is 11.7 Å². The molecule has 9 heteroatoms. The predicted octanol–water partition coefficient (Wildman–Crippen LogP) is -3.76. The van der Waals surface area contributed by atoms with Crippen LogP contribution in [0, 0.1) is 0 Å². The van der Waals surface area contributed by atoms with Gasteiger partial charge in [-0.15, -0.1) is 0 Å². The summed E-state index contributed by atoms with van der Waals surface area (Å²) in [7, 11) is 0. The number of carbonyl (C=O) groups is 2. The van der Waals surface area contributed by atoms with Crippen molar-refractivity contribution in [1.29, 1.82) is 0 Å². The van der Waals surface area contributed by atoms with Crippen molar-refractivity contribution in [2.45, 2.75) is 43.7 Å². The Hall–Kier alpha value is -1.10. The van der Waals surface area contributed by atoms with Crippen molar-refractivity contribution in [2.24, 2.45) is 5.73 Å². The predicted molar refractivity (Wildman–Crippen MR) is 72.0 cm³/mol. The molecule has 1 amide bonds. The fourth-order valence-corrected chi connectivity index (χ4v) is 1.57. The molecule has 0 unspecified atom stereocenters. The minimum absolute atomic E-state index is 0.261. The van der Waals surface area contributed by atoms with Crippen molar-refractivity contribution in [3.05, 3.63) is 0 Å². The highest BCUT2D eigenvalue weighted by molar-refractivity contribution is 5.85. The molecule has 8 N–H and O–H groups in total. The normalized spacial score (nSPS) is 16.9. The largest absolute Gasteiger partial charge is 0.388 e. The summed E-state index contributed by atoms with van der Waals surface area (Å²) in [5.74, 6) is -2.06. The third-order valence-electron chi connectivity index (χ3n) is 2.93. The van der Waals surface area contributed by atoms with Crippen molar-refractivity contribution in [3.8, 4) is 0 Å². The molecule has 0 aromatic rings. The molecular weight excluding hydrogens is 284 g/mol. The standard InChI is InChI=1S/C12H24N2O7/c13-4-2-1-3-5-14-12(21)11(20)10(19)9(18)8(17)7(16)6-15/h8-11,15,17-20H,1-6,13H2,(H,14,21)/t8-,9-,10-,11-/m0/s1. The van der Waals surface area contributed by atoms with Crippen LogP contribution in [0.15, 0.2) is 0 Å². The summed E-state index contributed by atoms with van der Waals surface area (Å²) < 4.78 is 0. The van der Waals surface area contributed by atoms with Gasteiger partial charge in [-0.2, -0.15) is 0 Å². The fraction of sp³-hybridized carbons (Fsp3) is 0.833. The number of amides is 1. The molecule has 0 aliphatic carbocycles. The number of nitrogens with two attached hydrogens (primary N) is 1. The van der Waals surface area contributed by atoms with Crippen molar-refractivity contribution < 1.29 is 35.1 Å². The van der Waals surface area contributed by atoms with Gasteiger partial charge in [0.2, 0.25) is 0 Å². The Labute approximate surface area is 122 Å². The number of hydrogen-bond donors (Lipinski definition) is 7. The van der Waals surface area contributed by atoms with Gasteiger partial charge in [-0.05, 0) is 19.4 Å². The lowest BCUT2D eigenvalue weighted by Gasteiger charge is -2.24. The van der Waals surface area contributed by atoms with E-state index >= 15 is 0 Å². The van der Waals surface area contributed by atoms with Crippen molar-refractivity contribution in [2.75, 3.05) is 19.7 Å². The summed E-state index contributed by atoms with van der Waals surface area (Å²) in [6, 6.07) is 0. The van der Waals surface area contributed by atoms with Gasteiger partial charge in [-0.3, -0.25) is 9.59 Å². The topological polar surface area (TPSA) is 173 Å². The van der Waals surface area contributed by atoms with E-state index < -0.39 is 42.7 Å².